The van der Waals surface area contributed by atoms with E-state index in [-0.39, 0.29) is 25.0 Å². The maximum absolute atomic E-state index is 13.2. The van der Waals surface area contributed by atoms with Gasteiger partial charge in [-0.1, -0.05) is 25.2 Å². The molecule has 0 aromatic heterocycles. The first-order valence-corrected chi connectivity index (χ1v) is 18.4. The number of hydrogen-bond donors (Lipinski definition) is 2. The average molecular weight is 756 g/mol. The van der Waals surface area contributed by atoms with E-state index in [0.29, 0.717) is 12.7 Å². The molecule has 3 aliphatic heterocycles. The van der Waals surface area contributed by atoms with Crippen LogP contribution in [0.4, 0.5) is 0 Å². The van der Waals surface area contributed by atoms with E-state index in [0.717, 1.165) is 0 Å². The summed E-state index contributed by atoms with van der Waals surface area (Å²) in [5.41, 5.74) is -1.26. The molecule has 15 heteroatoms. The third-order valence-electron chi connectivity index (χ3n) is 10.2. The van der Waals surface area contributed by atoms with Gasteiger partial charge < -0.3 is 57.8 Å². The number of cyclic esters (lactones) is 1. The highest BCUT2D eigenvalue weighted by Gasteiger charge is 2.52. The summed E-state index contributed by atoms with van der Waals surface area (Å²) < 4.78 is 48.1. The molecule has 15 nitrogen and oxygen atoms in total. The van der Waals surface area contributed by atoms with Crippen molar-refractivity contribution in [3.05, 3.63) is 24.3 Å². The summed E-state index contributed by atoms with van der Waals surface area (Å²) in [5.74, 6) is -2.84. The monoisotopic (exact) mass is 755 g/mol. The van der Waals surface area contributed by atoms with E-state index in [4.69, 9.17) is 37.9 Å². The van der Waals surface area contributed by atoms with Gasteiger partial charge >= 0.3 is 11.9 Å². The van der Waals surface area contributed by atoms with Crippen LogP contribution in [0.25, 0.3) is 0 Å². The van der Waals surface area contributed by atoms with Crippen molar-refractivity contribution in [2.24, 2.45) is 11.8 Å². The molecular weight excluding hydrogens is 694 g/mol. The number of aldehydes is 1. The fourth-order valence-corrected chi connectivity index (χ4v) is 7.68. The van der Waals surface area contributed by atoms with Crippen molar-refractivity contribution in [3.8, 4) is 0 Å². The summed E-state index contributed by atoms with van der Waals surface area (Å²) in [6, 6.07) is -0.733. The number of likely N-dealkylation sites (N-methyl/N-ethyl adjacent to an activating group) is 1. The summed E-state index contributed by atoms with van der Waals surface area (Å²) in [6.07, 6.45) is -2.86. The number of methoxy groups -OCH3 is 2. The Morgan fingerprint density at radius 3 is 2.30 bits per heavy atom. The SMILES string of the molecule is COC1[C@@H](C)O[C@@H](OC2C(N(C)C)C(O)[C@H](O[C@H]3[C@@H](CC=O)C[C@@H](C)C(=O)/C=C/C=C/C[C@@H](C)OC(=O)C[C@@H](OC(C)=O)[C@@H]3OC)O[C@H]2C)CC1(C)O. The highest BCUT2D eigenvalue weighted by molar-refractivity contribution is 5.91. The Bertz CT molecular complexity index is 1270. The van der Waals surface area contributed by atoms with E-state index >= 15 is 0 Å². The van der Waals surface area contributed by atoms with Crippen molar-refractivity contribution in [2.75, 3.05) is 28.3 Å². The lowest BCUT2D eigenvalue weighted by Crippen LogP contribution is -2.65. The number of carbonyl (C=O) groups is 4. The van der Waals surface area contributed by atoms with Crippen LogP contribution in [-0.4, -0.2) is 147 Å². The first kappa shape index (κ1) is 44.8. The molecule has 2 saturated heterocycles. The summed E-state index contributed by atoms with van der Waals surface area (Å²) in [7, 11) is 6.38. The van der Waals surface area contributed by atoms with Crippen molar-refractivity contribution in [1.82, 2.24) is 4.90 Å². The molecular formula is C38H61NO14. The zero-order chi connectivity index (χ0) is 39.6. The number of aliphatic hydroxyl groups excluding tert-OH is 1. The van der Waals surface area contributed by atoms with Crippen LogP contribution in [0.5, 0.6) is 0 Å². The van der Waals surface area contributed by atoms with Crippen LogP contribution in [0.2, 0.25) is 0 Å². The Morgan fingerprint density at radius 1 is 1.02 bits per heavy atom. The quantitative estimate of drug-likeness (QED) is 0.244. The molecule has 53 heavy (non-hydrogen) atoms. The van der Waals surface area contributed by atoms with Crippen molar-refractivity contribution in [3.63, 3.8) is 0 Å². The van der Waals surface area contributed by atoms with Crippen molar-refractivity contribution in [1.29, 1.82) is 0 Å². The zero-order valence-electron chi connectivity index (χ0n) is 32.7. The Kier molecular flexibility index (Phi) is 17.2. The summed E-state index contributed by atoms with van der Waals surface area (Å²) >= 11 is 0. The number of nitrogens with zero attached hydrogens (tertiary/aromatic N) is 1. The molecule has 3 rings (SSSR count). The molecule has 0 radical (unpaired) electrons. The predicted molar refractivity (Wildman–Crippen MR) is 190 cm³/mol. The Labute approximate surface area is 313 Å². The lowest BCUT2D eigenvalue weighted by atomic mass is 9.83. The van der Waals surface area contributed by atoms with Gasteiger partial charge in [-0.2, -0.15) is 0 Å². The number of ketones is 1. The molecule has 3 heterocycles. The minimum absolute atomic E-state index is 0.0964. The normalized spacial score (nSPS) is 42.1. The van der Waals surface area contributed by atoms with E-state index < -0.39 is 109 Å². The highest BCUT2D eigenvalue weighted by Crippen LogP contribution is 2.37. The largest absolute Gasteiger partial charge is 0.462 e. The van der Waals surface area contributed by atoms with E-state index in [1.165, 1.54) is 27.2 Å². The minimum atomic E-state index is -1.36. The molecule has 15 atom stereocenters. The van der Waals surface area contributed by atoms with Gasteiger partial charge in [-0.05, 0) is 60.2 Å². The maximum Gasteiger partial charge on any atom is 0.309 e. The molecule has 3 aliphatic rings. The van der Waals surface area contributed by atoms with Crippen LogP contribution >= 0.6 is 0 Å². The standard InChI is InChI=1S/C38H61NO14/c1-21-18-26(16-17-40)34(35(46-9)28(51-25(5)41)19-29(43)48-22(2)14-12-11-13-15-27(21)42)53-37-32(44)31(39(7)8)33(23(3)50-37)52-30-20-38(6,45)36(47-10)24(4)49-30/h11-13,15,17,21-24,26,28,30-37,44-45H,14,16,18-20H2,1-10H3/b12-11+,15-13+/t21-,22-,23+,24-,26+,28-,30+,31?,32?,33?,34+,35+,36?,37+,38?/m1/s1. The fraction of sp³-hybridized carbons (Fsp3) is 0.789. The molecule has 0 aromatic carbocycles. The Balaban J connectivity index is 2.02. The Hall–Kier alpha value is -2.60. The predicted octanol–water partition coefficient (Wildman–Crippen LogP) is 2.28. The lowest BCUT2D eigenvalue weighted by Gasteiger charge is -2.50. The molecule has 0 saturated carbocycles. The van der Waals surface area contributed by atoms with Crippen LogP contribution in [0.15, 0.2) is 24.3 Å². The first-order chi connectivity index (χ1) is 24.9. The van der Waals surface area contributed by atoms with Crippen LogP contribution in [-0.2, 0) is 57.1 Å². The van der Waals surface area contributed by atoms with Crippen molar-refractivity contribution < 1.29 is 67.3 Å². The molecule has 302 valence electrons. The highest BCUT2D eigenvalue weighted by atomic mass is 16.7. The summed E-state index contributed by atoms with van der Waals surface area (Å²) in [4.78, 5) is 52.7. The van der Waals surface area contributed by atoms with Gasteiger partial charge in [-0.15, -0.1) is 0 Å². The van der Waals surface area contributed by atoms with Crippen LogP contribution in [0.1, 0.15) is 73.6 Å². The average Bonchev–Trinajstić information content (AvgIpc) is 3.04. The van der Waals surface area contributed by atoms with Crippen LogP contribution < -0.4 is 0 Å². The molecule has 0 bridgehead atoms. The van der Waals surface area contributed by atoms with E-state index in [2.05, 4.69) is 0 Å². The number of rotatable bonds is 10. The third kappa shape index (κ3) is 12.2. The number of ether oxygens (including phenoxy) is 8. The molecule has 5 unspecified atom stereocenters. The number of allylic oxidation sites excluding steroid dienone is 3. The lowest BCUT2D eigenvalue weighted by molar-refractivity contribution is -0.344. The second-order valence-corrected chi connectivity index (χ2v) is 14.9. The van der Waals surface area contributed by atoms with Crippen LogP contribution in [0, 0.1) is 11.8 Å². The van der Waals surface area contributed by atoms with E-state index in [1.54, 1.807) is 71.8 Å². The molecule has 0 spiro atoms. The molecule has 0 aromatic rings. The van der Waals surface area contributed by atoms with Gasteiger partial charge in [0.2, 0.25) is 0 Å². The van der Waals surface area contributed by atoms with E-state index in [9.17, 15) is 29.4 Å². The summed E-state index contributed by atoms with van der Waals surface area (Å²) in [5, 5.41) is 23.1. The van der Waals surface area contributed by atoms with Gasteiger partial charge in [0, 0.05) is 46.3 Å². The number of carbonyl (C=O) groups excluding carboxylic acids is 4. The van der Waals surface area contributed by atoms with Gasteiger partial charge in [0.05, 0.1) is 36.4 Å². The van der Waals surface area contributed by atoms with Gasteiger partial charge in [-0.25, -0.2) is 0 Å². The zero-order valence-corrected chi connectivity index (χ0v) is 32.7. The smallest absolute Gasteiger partial charge is 0.309 e. The molecule has 0 aliphatic carbocycles. The first-order valence-electron chi connectivity index (χ1n) is 18.4. The van der Waals surface area contributed by atoms with E-state index in [1.807, 2.05) is 0 Å². The van der Waals surface area contributed by atoms with Crippen LogP contribution in [0.3, 0.4) is 0 Å². The Morgan fingerprint density at radius 2 is 1.72 bits per heavy atom. The topological polar surface area (TPSA) is 186 Å². The third-order valence-corrected chi connectivity index (χ3v) is 10.2. The number of hydrogen-bond acceptors (Lipinski definition) is 15. The van der Waals surface area contributed by atoms with Gasteiger partial charge in [0.1, 0.15) is 42.9 Å². The second-order valence-electron chi connectivity index (χ2n) is 14.9. The van der Waals surface area contributed by atoms with Gasteiger partial charge in [-0.3, -0.25) is 14.4 Å². The molecule has 2 N–H and O–H groups in total. The maximum atomic E-state index is 13.2. The molecule has 0 amide bonds. The number of aliphatic hydroxyl groups is 2. The van der Waals surface area contributed by atoms with Gasteiger partial charge in [0.25, 0.3) is 0 Å². The van der Waals surface area contributed by atoms with Crippen molar-refractivity contribution >= 4 is 24.0 Å². The van der Waals surface area contributed by atoms with Gasteiger partial charge in [0.15, 0.2) is 18.4 Å². The minimum Gasteiger partial charge on any atom is -0.462 e. The molecule has 2 fully saturated rings. The fourth-order valence-electron chi connectivity index (χ4n) is 7.68. The summed E-state index contributed by atoms with van der Waals surface area (Å²) in [6.45, 7) is 9.83. The van der Waals surface area contributed by atoms with Crippen molar-refractivity contribution in [2.45, 2.75) is 153 Å². The second kappa shape index (κ2) is 20.4. The number of esters is 2.